The summed E-state index contributed by atoms with van der Waals surface area (Å²) in [5.74, 6) is 0.357. The predicted molar refractivity (Wildman–Crippen MR) is 96.0 cm³/mol. The number of rotatable bonds is 7. The number of hydrogen-bond donors (Lipinski definition) is 3. The van der Waals surface area contributed by atoms with Crippen LogP contribution in [0.1, 0.15) is 35.1 Å². The van der Waals surface area contributed by atoms with Crippen LogP contribution in [0.2, 0.25) is 0 Å². The van der Waals surface area contributed by atoms with E-state index in [1.165, 1.54) is 0 Å². The molecule has 1 aromatic carbocycles. The molecule has 0 radical (unpaired) electrons. The van der Waals surface area contributed by atoms with Gasteiger partial charge in [0.25, 0.3) is 5.91 Å². The van der Waals surface area contributed by atoms with Gasteiger partial charge in [-0.25, -0.2) is 4.79 Å². The number of nitrogens with one attached hydrogen (secondary N) is 3. The Bertz CT molecular complexity index is 717. The van der Waals surface area contributed by atoms with E-state index in [1.807, 2.05) is 13.8 Å². The highest BCUT2D eigenvalue weighted by molar-refractivity contribution is 7.13. The van der Waals surface area contributed by atoms with Crippen molar-refractivity contribution in [2.75, 3.05) is 12.4 Å². The van der Waals surface area contributed by atoms with Gasteiger partial charge < -0.3 is 20.7 Å². The van der Waals surface area contributed by atoms with Crippen molar-refractivity contribution in [1.29, 1.82) is 0 Å². The van der Waals surface area contributed by atoms with E-state index < -0.39 is 0 Å². The molecule has 0 spiro atoms. The Kier molecular flexibility index (Phi) is 6.70. The van der Waals surface area contributed by atoms with Crippen LogP contribution in [0.4, 0.5) is 10.5 Å². The van der Waals surface area contributed by atoms with Crippen LogP contribution in [0.3, 0.4) is 0 Å². The van der Waals surface area contributed by atoms with Crippen molar-refractivity contribution in [3.05, 3.63) is 34.3 Å². The van der Waals surface area contributed by atoms with Crippen LogP contribution in [0, 0.1) is 0 Å². The first-order valence-corrected chi connectivity index (χ1v) is 8.65. The minimum absolute atomic E-state index is 0.0975. The van der Waals surface area contributed by atoms with Gasteiger partial charge >= 0.3 is 6.03 Å². The molecule has 9 heteroatoms. The molecule has 2 aromatic rings. The average molecular weight is 363 g/mol. The Morgan fingerprint density at radius 3 is 2.60 bits per heavy atom. The minimum atomic E-state index is -0.349. The number of ether oxygens (including phenoxy) is 1. The van der Waals surface area contributed by atoms with Crippen molar-refractivity contribution in [2.24, 2.45) is 0 Å². The number of carbonyl (C=O) groups excluding carboxylic acids is 2. The van der Waals surface area contributed by atoms with Crippen LogP contribution in [0.15, 0.2) is 24.3 Å². The van der Waals surface area contributed by atoms with E-state index in [1.54, 1.807) is 31.4 Å². The second kappa shape index (κ2) is 8.97. The van der Waals surface area contributed by atoms with E-state index in [2.05, 4.69) is 26.1 Å². The summed E-state index contributed by atoms with van der Waals surface area (Å²) in [4.78, 5) is 23.8. The number of methoxy groups -OCH3 is 1. The molecule has 2 rings (SSSR count). The third-order valence-electron chi connectivity index (χ3n) is 3.40. The molecule has 1 heterocycles. The van der Waals surface area contributed by atoms with Crippen molar-refractivity contribution < 1.29 is 14.3 Å². The highest BCUT2D eigenvalue weighted by Crippen LogP contribution is 2.17. The molecule has 3 N–H and O–H groups in total. The molecule has 25 heavy (non-hydrogen) atoms. The van der Waals surface area contributed by atoms with Crippen molar-refractivity contribution in [3.63, 3.8) is 0 Å². The van der Waals surface area contributed by atoms with Gasteiger partial charge in [-0.1, -0.05) is 18.3 Å². The number of hydrogen-bond acceptors (Lipinski definition) is 6. The fourth-order valence-corrected chi connectivity index (χ4v) is 2.48. The van der Waals surface area contributed by atoms with Crippen LogP contribution in [-0.4, -0.2) is 35.3 Å². The Hall–Kier alpha value is -2.68. The van der Waals surface area contributed by atoms with Crippen LogP contribution < -0.4 is 20.7 Å². The van der Waals surface area contributed by atoms with E-state index in [0.717, 1.165) is 17.8 Å². The van der Waals surface area contributed by atoms with Gasteiger partial charge in [-0.15, -0.1) is 10.2 Å². The van der Waals surface area contributed by atoms with Crippen molar-refractivity contribution in [2.45, 2.75) is 32.9 Å². The molecule has 0 saturated carbocycles. The molecular weight excluding hydrogens is 342 g/mol. The molecule has 134 valence electrons. The lowest BCUT2D eigenvalue weighted by atomic mass is 10.3. The van der Waals surface area contributed by atoms with E-state index >= 15 is 0 Å². The van der Waals surface area contributed by atoms with E-state index in [-0.39, 0.29) is 29.5 Å². The van der Waals surface area contributed by atoms with Gasteiger partial charge in [-0.2, -0.15) is 0 Å². The third-order valence-corrected chi connectivity index (χ3v) is 4.32. The van der Waals surface area contributed by atoms with Gasteiger partial charge in [0.05, 0.1) is 13.7 Å². The lowest BCUT2D eigenvalue weighted by Gasteiger charge is -2.11. The smallest absolute Gasteiger partial charge is 0.315 e. The monoisotopic (exact) mass is 363 g/mol. The van der Waals surface area contributed by atoms with E-state index in [4.69, 9.17) is 4.74 Å². The molecule has 0 bridgehead atoms. The Morgan fingerprint density at radius 2 is 1.96 bits per heavy atom. The molecule has 0 aliphatic rings. The number of amides is 3. The third kappa shape index (κ3) is 5.71. The number of benzene rings is 1. The maximum Gasteiger partial charge on any atom is 0.315 e. The van der Waals surface area contributed by atoms with Crippen molar-refractivity contribution in [1.82, 2.24) is 20.8 Å². The summed E-state index contributed by atoms with van der Waals surface area (Å²) in [5, 5.41) is 16.8. The van der Waals surface area contributed by atoms with Gasteiger partial charge in [0, 0.05) is 11.7 Å². The first-order valence-electron chi connectivity index (χ1n) is 7.84. The van der Waals surface area contributed by atoms with Crippen LogP contribution in [-0.2, 0) is 6.54 Å². The second-order valence-electron chi connectivity index (χ2n) is 5.32. The summed E-state index contributed by atoms with van der Waals surface area (Å²) in [6.07, 6.45) is 0.849. The Balaban J connectivity index is 1.86. The quantitative estimate of drug-likeness (QED) is 0.700. The zero-order valence-corrected chi connectivity index (χ0v) is 15.1. The van der Waals surface area contributed by atoms with Gasteiger partial charge in [-0.05, 0) is 37.6 Å². The lowest BCUT2D eigenvalue weighted by molar-refractivity contribution is 0.102. The highest BCUT2D eigenvalue weighted by atomic mass is 32.1. The number of aromatic nitrogens is 2. The number of urea groups is 1. The van der Waals surface area contributed by atoms with Gasteiger partial charge in [-0.3, -0.25) is 4.79 Å². The summed E-state index contributed by atoms with van der Waals surface area (Å²) in [5.41, 5.74) is 0.633. The predicted octanol–water partition coefficient (Wildman–Crippen LogP) is 2.40. The Labute approximate surface area is 150 Å². The summed E-state index contributed by atoms with van der Waals surface area (Å²) in [6, 6.07) is 6.80. The summed E-state index contributed by atoms with van der Waals surface area (Å²) in [6.45, 7) is 4.13. The first-order chi connectivity index (χ1) is 12.0. The second-order valence-corrected chi connectivity index (χ2v) is 6.38. The number of nitrogens with zero attached hydrogens (tertiary/aromatic N) is 2. The highest BCUT2D eigenvalue weighted by Gasteiger charge is 2.14. The first kappa shape index (κ1) is 18.7. The fourth-order valence-electron chi connectivity index (χ4n) is 1.81. The molecule has 0 aliphatic carbocycles. The molecule has 8 nitrogen and oxygen atoms in total. The van der Waals surface area contributed by atoms with E-state index in [9.17, 15) is 9.59 Å². The average Bonchev–Trinajstić information content (AvgIpc) is 3.09. The van der Waals surface area contributed by atoms with Gasteiger partial charge in [0.15, 0.2) is 0 Å². The summed E-state index contributed by atoms with van der Waals surface area (Å²) in [7, 11) is 1.58. The van der Waals surface area contributed by atoms with Gasteiger partial charge in [0.2, 0.25) is 5.01 Å². The maximum atomic E-state index is 12.2. The molecule has 0 unspecified atom stereocenters. The fraction of sp³-hybridized carbons (Fsp3) is 0.375. The van der Waals surface area contributed by atoms with Crippen LogP contribution >= 0.6 is 11.3 Å². The molecule has 3 amide bonds. The van der Waals surface area contributed by atoms with Crippen molar-refractivity contribution >= 4 is 29.0 Å². The number of anilines is 1. The lowest BCUT2D eigenvalue weighted by Crippen LogP contribution is -2.40. The standard InChI is InChI=1S/C16H21N5O3S/c1-4-10(2)18-16(23)17-9-13-20-21-15(25-13)14(22)19-11-5-7-12(24-3)8-6-11/h5-8,10H,4,9H2,1-3H3,(H,19,22)(H2,17,18,23)/t10-/m1/s1. The zero-order chi connectivity index (χ0) is 18.2. The summed E-state index contributed by atoms with van der Waals surface area (Å²) < 4.78 is 5.07. The molecule has 1 aromatic heterocycles. The molecule has 0 aliphatic heterocycles. The van der Waals surface area contributed by atoms with Crippen molar-refractivity contribution in [3.8, 4) is 5.75 Å². The van der Waals surface area contributed by atoms with Gasteiger partial charge in [0.1, 0.15) is 10.8 Å². The van der Waals surface area contributed by atoms with E-state index in [0.29, 0.717) is 16.4 Å². The minimum Gasteiger partial charge on any atom is -0.497 e. The van der Waals surface area contributed by atoms with Crippen LogP contribution in [0.5, 0.6) is 5.75 Å². The molecular formula is C16H21N5O3S. The normalized spacial score (nSPS) is 11.5. The van der Waals surface area contributed by atoms with Crippen LogP contribution in [0.25, 0.3) is 0 Å². The molecule has 1 atom stereocenters. The molecule has 0 saturated heterocycles. The largest absolute Gasteiger partial charge is 0.497 e. The molecule has 0 fully saturated rings. The maximum absolute atomic E-state index is 12.2. The SMILES string of the molecule is CC[C@@H](C)NC(=O)NCc1nnc(C(=O)Nc2ccc(OC)cc2)s1. The summed E-state index contributed by atoms with van der Waals surface area (Å²) >= 11 is 1.13. The number of carbonyl (C=O) groups is 2. The Morgan fingerprint density at radius 1 is 1.24 bits per heavy atom. The topological polar surface area (TPSA) is 105 Å². The zero-order valence-electron chi connectivity index (χ0n) is 14.3.